The molecule has 1 atom stereocenters. The Bertz CT molecular complexity index is 531. The van der Waals surface area contributed by atoms with E-state index >= 15 is 0 Å². The Labute approximate surface area is 121 Å². The van der Waals surface area contributed by atoms with Gasteiger partial charge in [0.2, 0.25) is 0 Å². The standard InChI is InChI=1S/C18H23NO/c1-4-15-10-12-16(13-11-15)18(2,20)14-19(3)17-8-6-5-7-9-17/h5-13,20H,4,14H2,1-3H3. The number of aliphatic hydroxyl groups is 1. The average Bonchev–Trinajstić information content (AvgIpc) is 2.48. The van der Waals surface area contributed by atoms with E-state index in [9.17, 15) is 5.11 Å². The van der Waals surface area contributed by atoms with E-state index < -0.39 is 5.60 Å². The molecule has 2 aromatic carbocycles. The summed E-state index contributed by atoms with van der Waals surface area (Å²) in [6, 6.07) is 18.4. The fraction of sp³-hybridized carbons (Fsp3) is 0.333. The lowest BCUT2D eigenvalue weighted by molar-refractivity contribution is 0.0656. The van der Waals surface area contributed by atoms with Gasteiger partial charge < -0.3 is 10.0 Å². The number of hydrogen-bond donors (Lipinski definition) is 1. The predicted molar refractivity (Wildman–Crippen MR) is 85.1 cm³/mol. The molecule has 2 rings (SSSR count). The van der Waals surface area contributed by atoms with Crippen molar-refractivity contribution >= 4 is 5.69 Å². The first-order chi connectivity index (χ1) is 9.53. The van der Waals surface area contributed by atoms with Crippen LogP contribution in [-0.2, 0) is 12.0 Å². The third-order valence-corrected chi connectivity index (χ3v) is 3.73. The lowest BCUT2D eigenvalue weighted by Crippen LogP contribution is -2.36. The number of rotatable bonds is 5. The van der Waals surface area contributed by atoms with Crippen LogP contribution in [0.25, 0.3) is 0 Å². The van der Waals surface area contributed by atoms with Gasteiger partial charge in [0.1, 0.15) is 5.60 Å². The topological polar surface area (TPSA) is 23.5 Å². The van der Waals surface area contributed by atoms with E-state index in [1.165, 1.54) is 5.56 Å². The van der Waals surface area contributed by atoms with E-state index in [-0.39, 0.29) is 0 Å². The van der Waals surface area contributed by atoms with E-state index in [0.29, 0.717) is 6.54 Å². The molecule has 0 aliphatic carbocycles. The number of likely N-dealkylation sites (N-methyl/N-ethyl adjacent to an activating group) is 1. The van der Waals surface area contributed by atoms with Gasteiger partial charge in [0.25, 0.3) is 0 Å². The fourth-order valence-corrected chi connectivity index (χ4v) is 2.43. The summed E-state index contributed by atoms with van der Waals surface area (Å²) < 4.78 is 0. The molecule has 0 saturated heterocycles. The highest BCUT2D eigenvalue weighted by molar-refractivity contribution is 5.46. The van der Waals surface area contributed by atoms with Crippen LogP contribution in [0.1, 0.15) is 25.0 Å². The Morgan fingerprint density at radius 1 is 1.00 bits per heavy atom. The molecule has 1 unspecified atom stereocenters. The van der Waals surface area contributed by atoms with Crippen LogP contribution in [0, 0.1) is 0 Å². The first-order valence-electron chi connectivity index (χ1n) is 7.11. The average molecular weight is 269 g/mol. The summed E-state index contributed by atoms with van der Waals surface area (Å²) in [5.74, 6) is 0. The van der Waals surface area contributed by atoms with E-state index in [4.69, 9.17) is 0 Å². The molecule has 1 N–H and O–H groups in total. The van der Waals surface area contributed by atoms with Gasteiger partial charge in [0.05, 0.1) is 6.54 Å². The lowest BCUT2D eigenvalue weighted by Gasteiger charge is -2.31. The van der Waals surface area contributed by atoms with Gasteiger partial charge in [0.15, 0.2) is 0 Å². The number of anilines is 1. The molecule has 0 aromatic heterocycles. The lowest BCUT2D eigenvalue weighted by atomic mass is 9.94. The van der Waals surface area contributed by atoms with Crippen molar-refractivity contribution in [3.63, 3.8) is 0 Å². The second-order valence-corrected chi connectivity index (χ2v) is 5.52. The maximum atomic E-state index is 10.7. The summed E-state index contributed by atoms with van der Waals surface area (Å²) in [5, 5.41) is 10.7. The molecular formula is C18H23NO. The number of benzene rings is 2. The molecule has 20 heavy (non-hydrogen) atoms. The molecule has 0 heterocycles. The van der Waals surface area contributed by atoms with Crippen molar-refractivity contribution < 1.29 is 5.11 Å². The molecule has 0 spiro atoms. The van der Waals surface area contributed by atoms with Crippen LogP contribution >= 0.6 is 0 Å². The van der Waals surface area contributed by atoms with Crippen LogP contribution in [0.15, 0.2) is 54.6 Å². The van der Waals surface area contributed by atoms with E-state index in [1.807, 2.05) is 44.3 Å². The highest BCUT2D eigenvalue weighted by atomic mass is 16.3. The second-order valence-electron chi connectivity index (χ2n) is 5.52. The van der Waals surface area contributed by atoms with Crippen molar-refractivity contribution in [1.82, 2.24) is 0 Å². The molecular weight excluding hydrogens is 246 g/mol. The summed E-state index contributed by atoms with van der Waals surface area (Å²) in [6.45, 7) is 4.56. The van der Waals surface area contributed by atoms with Crippen molar-refractivity contribution in [2.75, 3.05) is 18.5 Å². The molecule has 0 bridgehead atoms. The van der Waals surface area contributed by atoms with E-state index in [0.717, 1.165) is 17.7 Å². The Balaban J connectivity index is 2.13. The third-order valence-electron chi connectivity index (χ3n) is 3.73. The number of hydrogen-bond acceptors (Lipinski definition) is 2. The van der Waals surface area contributed by atoms with Crippen molar-refractivity contribution in [2.45, 2.75) is 25.9 Å². The normalized spacial score (nSPS) is 13.8. The Morgan fingerprint density at radius 3 is 2.15 bits per heavy atom. The highest BCUT2D eigenvalue weighted by Crippen LogP contribution is 2.24. The molecule has 0 fully saturated rings. The van der Waals surface area contributed by atoms with E-state index in [2.05, 4.69) is 36.1 Å². The minimum atomic E-state index is -0.864. The highest BCUT2D eigenvalue weighted by Gasteiger charge is 2.25. The van der Waals surface area contributed by atoms with Crippen LogP contribution in [0.4, 0.5) is 5.69 Å². The summed E-state index contributed by atoms with van der Waals surface area (Å²) in [5.41, 5.74) is 2.49. The maximum Gasteiger partial charge on any atom is 0.104 e. The number of aryl methyl sites for hydroxylation is 1. The quantitative estimate of drug-likeness (QED) is 0.896. The monoisotopic (exact) mass is 269 g/mol. The van der Waals surface area contributed by atoms with Gasteiger partial charge in [-0.15, -0.1) is 0 Å². The minimum absolute atomic E-state index is 0.558. The largest absolute Gasteiger partial charge is 0.384 e. The fourth-order valence-electron chi connectivity index (χ4n) is 2.43. The molecule has 2 heteroatoms. The zero-order valence-corrected chi connectivity index (χ0v) is 12.5. The van der Waals surface area contributed by atoms with Crippen molar-refractivity contribution in [1.29, 1.82) is 0 Å². The molecule has 2 nitrogen and oxygen atoms in total. The zero-order chi connectivity index (χ0) is 14.6. The SMILES string of the molecule is CCc1ccc(C(C)(O)CN(C)c2ccccc2)cc1. The molecule has 0 amide bonds. The van der Waals surface area contributed by atoms with Crippen LogP contribution in [0.2, 0.25) is 0 Å². The Morgan fingerprint density at radius 2 is 1.60 bits per heavy atom. The number of para-hydroxylation sites is 1. The zero-order valence-electron chi connectivity index (χ0n) is 12.5. The first kappa shape index (κ1) is 14.6. The minimum Gasteiger partial charge on any atom is -0.384 e. The van der Waals surface area contributed by atoms with Crippen LogP contribution in [0.3, 0.4) is 0 Å². The van der Waals surface area contributed by atoms with Gasteiger partial charge >= 0.3 is 0 Å². The predicted octanol–water partition coefficient (Wildman–Crippen LogP) is 3.59. The van der Waals surface area contributed by atoms with Gasteiger partial charge in [-0.25, -0.2) is 0 Å². The van der Waals surface area contributed by atoms with Gasteiger partial charge in [-0.2, -0.15) is 0 Å². The van der Waals surface area contributed by atoms with Gasteiger partial charge in [-0.3, -0.25) is 0 Å². The smallest absolute Gasteiger partial charge is 0.104 e. The van der Waals surface area contributed by atoms with Crippen molar-refractivity contribution in [3.8, 4) is 0 Å². The van der Waals surface area contributed by atoms with Gasteiger partial charge in [-0.05, 0) is 36.6 Å². The summed E-state index contributed by atoms with van der Waals surface area (Å²) in [7, 11) is 2.00. The molecule has 0 aliphatic heterocycles. The van der Waals surface area contributed by atoms with Crippen molar-refractivity contribution in [3.05, 3.63) is 65.7 Å². The van der Waals surface area contributed by atoms with Crippen LogP contribution in [-0.4, -0.2) is 18.7 Å². The Hall–Kier alpha value is -1.80. The molecule has 0 radical (unpaired) electrons. The maximum absolute atomic E-state index is 10.7. The van der Waals surface area contributed by atoms with Crippen molar-refractivity contribution in [2.24, 2.45) is 0 Å². The molecule has 0 aliphatic rings. The van der Waals surface area contributed by atoms with Crippen LogP contribution in [0.5, 0.6) is 0 Å². The first-order valence-corrected chi connectivity index (χ1v) is 7.11. The Kier molecular flexibility index (Phi) is 4.46. The second kappa shape index (κ2) is 6.10. The van der Waals surface area contributed by atoms with Gasteiger partial charge in [-0.1, -0.05) is 49.4 Å². The summed E-state index contributed by atoms with van der Waals surface area (Å²) in [4.78, 5) is 2.08. The molecule has 2 aromatic rings. The van der Waals surface area contributed by atoms with Crippen LogP contribution < -0.4 is 4.90 Å². The van der Waals surface area contributed by atoms with Gasteiger partial charge in [0, 0.05) is 12.7 Å². The molecule has 0 saturated carbocycles. The van der Waals surface area contributed by atoms with E-state index in [1.54, 1.807) is 0 Å². The summed E-state index contributed by atoms with van der Waals surface area (Å²) >= 11 is 0. The number of nitrogens with zero attached hydrogens (tertiary/aromatic N) is 1. The molecule has 106 valence electrons. The third kappa shape index (κ3) is 3.40. The summed E-state index contributed by atoms with van der Waals surface area (Å²) in [6.07, 6.45) is 1.02.